The van der Waals surface area contributed by atoms with Crippen LogP contribution in [0.4, 0.5) is 11.6 Å². The quantitative estimate of drug-likeness (QED) is 0.220. The summed E-state index contributed by atoms with van der Waals surface area (Å²) in [5.74, 6) is -0.112. The summed E-state index contributed by atoms with van der Waals surface area (Å²) in [4.78, 5) is 29.5. The van der Waals surface area contributed by atoms with Gasteiger partial charge in [0.1, 0.15) is 11.4 Å². The first-order valence-electron chi connectivity index (χ1n) is 7.61. The maximum Gasteiger partial charge on any atom is 0.300 e. The number of hydrogen-bond acceptors (Lipinski definition) is 9. The van der Waals surface area contributed by atoms with E-state index in [0.717, 1.165) is 0 Å². The molecule has 2 aliphatic rings. The number of carbonyl (C=O) groups excluding carboxylic acids is 2. The van der Waals surface area contributed by atoms with E-state index < -0.39 is 17.4 Å². The number of carbonyl (C=O) groups is 2. The Bertz CT molecular complexity index is 761. The molecule has 1 aromatic heterocycles. The first kappa shape index (κ1) is 18.1. The number of rotatable bonds is 4. The van der Waals surface area contributed by atoms with Crippen molar-refractivity contribution in [1.29, 1.82) is 0 Å². The van der Waals surface area contributed by atoms with Crippen LogP contribution < -0.4 is 26.9 Å². The van der Waals surface area contributed by atoms with E-state index in [4.69, 9.17) is 17.2 Å². The number of carboxylic acids is 1. The van der Waals surface area contributed by atoms with Gasteiger partial charge in [-0.05, 0) is 6.92 Å². The summed E-state index contributed by atoms with van der Waals surface area (Å²) in [6.07, 6.45) is 0. The normalized spacial score (nSPS) is 28.4. The average molecular weight is 384 g/mol. The molecule has 1 aromatic rings. The summed E-state index contributed by atoms with van der Waals surface area (Å²) in [5, 5.41) is 12.2. The summed E-state index contributed by atoms with van der Waals surface area (Å²) in [5.41, 5.74) is 17.1. The number of aromatic nitrogens is 2. The number of anilines is 2. The molecule has 2 fully saturated rings. The zero-order valence-corrected chi connectivity index (χ0v) is 15.5. The first-order chi connectivity index (χ1) is 11.7. The second-order valence-corrected chi connectivity index (χ2v) is 8.45. The van der Waals surface area contributed by atoms with Gasteiger partial charge in [-0.3, -0.25) is 4.79 Å². The van der Waals surface area contributed by atoms with Crippen LogP contribution in [0, 0.1) is 12.3 Å². The highest BCUT2D eigenvalue weighted by Crippen LogP contribution is 2.43. The van der Waals surface area contributed by atoms with Crippen molar-refractivity contribution in [2.24, 2.45) is 18.2 Å². The molecular formula is C14H20N6O3S2. The van der Waals surface area contributed by atoms with Gasteiger partial charge >= 0.3 is 5.16 Å². The molecule has 0 aromatic carbocycles. The predicted molar refractivity (Wildman–Crippen MR) is 93.1 cm³/mol. The van der Waals surface area contributed by atoms with Crippen molar-refractivity contribution in [1.82, 2.24) is 9.88 Å². The Morgan fingerprint density at radius 2 is 2.24 bits per heavy atom. The molecule has 3 heterocycles. The van der Waals surface area contributed by atoms with E-state index >= 15 is 0 Å². The summed E-state index contributed by atoms with van der Waals surface area (Å²) < 4.78 is 1.67. The molecule has 1 amide bonds. The third kappa shape index (κ3) is 2.79. The molecule has 11 heteroatoms. The monoisotopic (exact) mass is 384 g/mol. The summed E-state index contributed by atoms with van der Waals surface area (Å²) in [6, 6.07) is -0.548. The van der Waals surface area contributed by atoms with E-state index in [-0.39, 0.29) is 23.6 Å². The highest BCUT2D eigenvalue weighted by molar-refractivity contribution is 8.00. The van der Waals surface area contributed by atoms with Crippen molar-refractivity contribution >= 4 is 47.0 Å². The minimum atomic E-state index is -1.19. The molecule has 0 radical (unpaired) electrons. The number of thioether (sulfide) groups is 2. The van der Waals surface area contributed by atoms with Crippen molar-refractivity contribution < 1.29 is 19.3 Å². The molecule has 0 saturated carbocycles. The largest absolute Gasteiger partial charge is 0.549 e. The molecule has 3 rings (SSSR count). The first-order valence-corrected chi connectivity index (χ1v) is 9.65. The molecule has 25 heavy (non-hydrogen) atoms. The maximum absolute atomic E-state index is 11.9. The van der Waals surface area contributed by atoms with Gasteiger partial charge in [-0.2, -0.15) is 0 Å². The summed E-state index contributed by atoms with van der Waals surface area (Å²) in [7, 11) is 1.74. The molecule has 3 atom stereocenters. The summed E-state index contributed by atoms with van der Waals surface area (Å²) >= 11 is 2.61. The van der Waals surface area contributed by atoms with Crippen LogP contribution in [-0.4, -0.2) is 51.2 Å². The van der Waals surface area contributed by atoms with E-state index in [9.17, 15) is 14.7 Å². The lowest BCUT2D eigenvalue weighted by Gasteiger charge is -2.54. The number of carboxylic acid groups (broad SMARTS) is 1. The van der Waals surface area contributed by atoms with Crippen LogP contribution >= 0.6 is 23.5 Å². The van der Waals surface area contributed by atoms with Crippen LogP contribution in [0.1, 0.15) is 5.56 Å². The van der Waals surface area contributed by atoms with Gasteiger partial charge in [0.2, 0.25) is 17.5 Å². The fraction of sp³-hybridized carbons (Fsp3) is 0.571. The van der Waals surface area contributed by atoms with E-state index in [1.165, 1.54) is 28.4 Å². The zero-order valence-electron chi connectivity index (χ0n) is 13.9. The third-order valence-corrected chi connectivity index (χ3v) is 7.66. The molecule has 9 nitrogen and oxygen atoms in total. The lowest BCUT2D eigenvalue weighted by atomic mass is 9.89. The van der Waals surface area contributed by atoms with Gasteiger partial charge in [-0.1, -0.05) is 16.7 Å². The number of amides is 1. The maximum atomic E-state index is 11.9. The smallest absolute Gasteiger partial charge is 0.300 e. The van der Waals surface area contributed by atoms with Crippen molar-refractivity contribution in [3.8, 4) is 0 Å². The number of hydrogen-bond donors (Lipinski definition) is 3. The van der Waals surface area contributed by atoms with Gasteiger partial charge in [0.05, 0.1) is 18.6 Å². The van der Waals surface area contributed by atoms with Gasteiger partial charge in [-0.25, -0.2) is 4.57 Å². The van der Waals surface area contributed by atoms with Crippen molar-refractivity contribution in [2.45, 2.75) is 23.5 Å². The minimum absolute atomic E-state index is 0.0904. The molecule has 6 N–H and O–H groups in total. The molecular weight excluding hydrogens is 364 g/mol. The molecule has 0 spiro atoms. The number of β-lactam (4-membered cyclic amide) rings is 1. The van der Waals surface area contributed by atoms with Gasteiger partial charge in [0.25, 0.3) is 0 Å². The number of aliphatic carboxylic acids is 1. The fourth-order valence-electron chi connectivity index (χ4n) is 2.88. The summed E-state index contributed by atoms with van der Waals surface area (Å²) in [6.45, 7) is 1.86. The van der Waals surface area contributed by atoms with Crippen molar-refractivity contribution in [3.63, 3.8) is 0 Å². The lowest BCUT2D eigenvalue weighted by Crippen LogP contribution is -2.73. The van der Waals surface area contributed by atoms with Gasteiger partial charge in [0, 0.05) is 23.5 Å². The topological polar surface area (TPSA) is 155 Å². The van der Waals surface area contributed by atoms with Crippen LogP contribution in [0.25, 0.3) is 0 Å². The van der Waals surface area contributed by atoms with E-state index in [2.05, 4.69) is 4.98 Å². The van der Waals surface area contributed by atoms with Crippen LogP contribution in [0.2, 0.25) is 0 Å². The highest BCUT2D eigenvalue weighted by Gasteiger charge is 2.53. The number of nitrogens with zero attached hydrogens (tertiary/aromatic N) is 3. The Kier molecular flexibility index (Phi) is 4.50. The SMILES string of the molecule is Cc1c(N)nc(SCC2(C(=O)[O-])CS[C@@H]3C(N)C(=O)N3C2)[n+](C)c1N. The Labute approximate surface area is 153 Å². The van der Waals surface area contributed by atoms with Crippen molar-refractivity contribution in [2.75, 3.05) is 29.5 Å². The second-order valence-electron chi connectivity index (χ2n) is 6.40. The average Bonchev–Trinajstić information content (AvgIpc) is 2.60. The molecule has 0 bridgehead atoms. The predicted octanol–water partition coefficient (Wildman–Crippen LogP) is -2.55. The highest BCUT2D eigenvalue weighted by atomic mass is 32.2. The van der Waals surface area contributed by atoms with E-state index in [1.54, 1.807) is 18.5 Å². The van der Waals surface area contributed by atoms with Crippen LogP contribution in [-0.2, 0) is 16.6 Å². The Morgan fingerprint density at radius 3 is 2.88 bits per heavy atom. The Morgan fingerprint density at radius 1 is 1.56 bits per heavy atom. The van der Waals surface area contributed by atoms with Gasteiger partial charge < -0.3 is 32.0 Å². The van der Waals surface area contributed by atoms with Crippen molar-refractivity contribution in [3.05, 3.63) is 5.56 Å². The Hall–Kier alpha value is -1.72. The second kappa shape index (κ2) is 6.22. The standard InChI is InChI=1S/C14H20N6O3S2/c1-6-8(16)18-13(19(2)9(6)17)25-5-14(12(22)23)3-20-10(21)7(15)11(20)24-4-14/h7,11H,3-5,15H2,1-2H3,(H4,16,17,22,23)/t7?,11-,14?/m1/s1. The van der Waals surface area contributed by atoms with E-state index in [0.29, 0.717) is 28.1 Å². The number of fused-ring (bicyclic) bond motifs is 1. The third-order valence-electron chi connectivity index (χ3n) is 4.73. The molecule has 0 aliphatic carbocycles. The Balaban J connectivity index is 1.81. The molecule has 2 aliphatic heterocycles. The van der Waals surface area contributed by atoms with Crippen LogP contribution in [0.3, 0.4) is 0 Å². The van der Waals surface area contributed by atoms with Gasteiger partial charge in [0.15, 0.2) is 0 Å². The van der Waals surface area contributed by atoms with Gasteiger partial charge in [-0.15, -0.1) is 11.8 Å². The molecule has 136 valence electrons. The molecule has 2 unspecified atom stereocenters. The lowest BCUT2D eigenvalue weighted by molar-refractivity contribution is -0.699. The van der Waals surface area contributed by atoms with E-state index in [1.807, 2.05) is 0 Å². The minimum Gasteiger partial charge on any atom is -0.549 e. The van der Waals surface area contributed by atoms with Crippen LogP contribution in [0.5, 0.6) is 0 Å². The number of nitrogens with two attached hydrogens (primary N) is 3. The molecule has 2 saturated heterocycles. The number of nitrogen functional groups attached to an aromatic ring is 2. The van der Waals surface area contributed by atoms with Crippen LogP contribution in [0.15, 0.2) is 5.16 Å². The zero-order chi connectivity index (χ0) is 18.5. The fourth-order valence-corrected chi connectivity index (χ4v) is 5.66.